The Morgan fingerprint density at radius 3 is 2.13 bits per heavy atom. The predicted molar refractivity (Wildman–Crippen MR) is 152 cm³/mol. The topological polar surface area (TPSA) is 131 Å². The molecule has 1 fully saturated rings. The first-order valence-electron chi connectivity index (χ1n) is 15.0. The van der Waals surface area contributed by atoms with Crippen LogP contribution in [0.5, 0.6) is 0 Å². The lowest BCUT2D eigenvalue weighted by atomic mass is 10.1. The zero-order chi connectivity index (χ0) is 28.5. The third-order valence-electron chi connectivity index (χ3n) is 7.32. The number of nitrogens with zero attached hydrogens (tertiary/aromatic N) is 1. The predicted octanol–water partition coefficient (Wildman–Crippen LogP) is 4.83. The van der Waals surface area contributed by atoms with E-state index in [-0.39, 0.29) is 12.0 Å². The molecule has 9 heteroatoms. The molecule has 1 aromatic heterocycles. The Balaban J connectivity index is 1.59. The minimum atomic E-state index is -1.30. The largest absolute Gasteiger partial charge is 0.455 e. The van der Waals surface area contributed by atoms with Crippen molar-refractivity contribution >= 4 is 5.97 Å². The van der Waals surface area contributed by atoms with Crippen LogP contribution in [0.25, 0.3) is 0 Å². The Bertz CT molecular complexity index is 971. The highest BCUT2D eigenvalue weighted by Gasteiger charge is 2.47. The van der Waals surface area contributed by atoms with E-state index in [4.69, 9.17) is 9.47 Å². The van der Waals surface area contributed by atoms with E-state index in [1.54, 1.807) is 0 Å². The molecular weight excluding hydrogens is 500 g/mol. The lowest BCUT2D eigenvalue weighted by molar-refractivity contribution is -0.159. The summed E-state index contributed by atoms with van der Waals surface area (Å²) in [6.45, 7) is 3.27. The highest BCUT2D eigenvalue weighted by atomic mass is 16.6. The standard InChI is InChI=1S/C30H50N2O7/c1-3-4-5-6-7-8-9-10-11-12-13-14-15-16-17-18-19-20-25(34)39-27-26(35)24(22-33)38-29(27)32-21-23(2)28(36)31-30(32)37/h10-11,21,24,26-27,29,33,35H,3-9,12-20,22H2,1-2H3,(H,31,36,37)/t24-,26-,27+,29-/m1/s1. The van der Waals surface area contributed by atoms with Crippen molar-refractivity contribution in [1.29, 1.82) is 0 Å². The molecule has 0 bridgehead atoms. The monoisotopic (exact) mass is 550 g/mol. The molecule has 2 rings (SSSR count). The lowest BCUT2D eigenvalue weighted by Gasteiger charge is -2.22. The number of unbranched alkanes of at least 4 members (excludes halogenated alkanes) is 13. The highest BCUT2D eigenvalue weighted by molar-refractivity contribution is 5.69. The zero-order valence-electron chi connectivity index (χ0n) is 23.9. The summed E-state index contributed by atoms with van der Waals surface area (Å²) < 4.78 is 12.2. The van der Waals surface area contributed by atoms with Gasteiger partial charge < -0.3 is 19.7 Å². The van der Waals surface area contributed by atoms with Gasteiger partial charge in [0, 0.05) is 18.2 Å². The maximum atomic E-state index is 12.5. The normalized spacial score (nSPS) is 21.1. The van der Waals surface area contributed by atoms with Crippen molar-refractivity contribution in [3.05, 3.63) is 44.8 Å². The molecule has 3 N–H and O–H groups in total. The van der Waals surface area contributed by atoms with Crippen LogP contribution in [0.4, 0.5) is 0 Å². The average molecular weight is 551 g/mol. The summed E-state index contributed by atoms with van der Waals surface area (Å²) in [6.07, 6.45) is 19.4. The summed E-state index contributed by atoms with van der Waals surface area (Å²) in [5.74, 6) is -0.492. The van der Waals surface area contributed by atoms with Gasteiger partial charge in [-0.1, -0.05) is 83.3 Å². The van der Waals surface area contributed by atoms with Crippen LogP contribution in [0, 0.1) is 6.92 Å². The van der Waals surface area contributed by atoms with E-state index >= 15 is 0 Å². The number of esters is 1. The summed E-state index contributed by atoms with van der Waals surface area (Å²) in [5, 5.41) is 20.0. The number of hydrogen-bond acceptors (Lipinski definition) is 7. The number of hydrogen-bond donors (Lipinski definition) is 3. The van der Waals surface area contributed by atoms with Gasteiger partial charge in [-0.25, -0.2) is 4.79 Å². The first kappa shape index (κ1) is 33.0. The molecule has 0 saturated carbocycles. The molecule has 0 spiro atoms. The molecule has 1 aliphatic heterocycles. The van der Waals surface area contributed by atoms with Gasteiger partial charge in [-0.2, -0.15) is 0 Å². The van der Waals surface area contributed by atoms with Crippen LogP contribution in [-0.2, 0) is 14.3 Å². The Kier molecular flexibility index (Phi) is 16.0. The van der Waals surface area contributed by atoms with Gasteiger partial charge >= 0.3 is 11.7 Å². The molecule has 1 saturated heterocycles. The summed E-state index contributed by atoms with van der Waals surface area (Å²) in [6, 6.07) is 0. The molecule has 0 aliphatic carbocycles. The number of aromatic nitrogens is 2. The van der Waals surface area contributed by atoms with Crippen LogP contribution in [0.2, 0.25) is 0 Å². The van der Waals surface area contributed by atoms with Gasteiger partial charge in [-0.3, -0.25) is 19.1 Å². The SMILES string of the molecule is CCCCCCCCC=CCCCCCCCCCC(=O)O[C@H]1[C@H](O)[C@@H](CO)O[C@H]1n1cc(C)c(=O)[nH]c1=O. The molecule has 1 aliphatic rings. The molecule has 9 nitrogen and oxygen atoms in total. The van der Waals surface area contributed by atoms with Gasteiger partial charge in [-0.05, 0) is 39.0 Å². The molecular formula is C30H50N2O7. The van der Waals surface area contributed by atoms with E-state index in [2.05, 4.69) is 24.1 Å². The summed E-state index contributed by atoms with van der Waals surface area (Å²) in [7, 11) is 0. The van der Waals surface area contributed by atoms with Crippen molar-refractivity contribution in [2.24, 2.45) is 0 Å². The van der Waals surface area contributed by atoms with Gasteiger partial charge in [0.25, 0.3) is 5.56 Å². The zero-order valence-corrected chi connectivity index (χ0v) is 23.9. The number of allylic oxidation sites excluding steroid dienone is 2. The maximum absolute atomic E-state index is 12.5. The lowest BCUT2D eigenvalue weighted by Crippen LogP contribution is -2.41. The van der Waals surface area contributed by atoms with Crippen molar-refractivity contribution < 1.29 is 24.5 Å². The van der Waals surface area contributed by atoms with Crippen LogP contribution in [-0.4, -0.2) is 50.7 Å². The smallest absolute Gasteiger partial charge is 0.330 e. The average Bonchev–Trinajstić information content (AvgIpc) is 3.22. The Morgan fingerprint density at radius 1 is 0.974 bits per heavy atom. The fourth-order valence-corrected chi connectivity index (χ4v) is 4.90. The van der Waals surface area contributed by atoms with E-state index in [1.807, 2.05) is 0 Å². The fourth-order valence-electron chi connectivity index (χ4n) is 4.90. The van der Waals surface area contributed by atoms with Crippen LogP contribution < -0.4 is 11.2 Å². The third-order valence-corrected chi connectivity index (χ3v) is 7.32. The molecule has 1 aromatic rings. The number of carbonyl (C=O) groups is 1. The van der Waals surface area contributed by atoms with Crippen molar-refractivity contribution in [2.45, 2.75) is 141 Å². The number of carbonyl (C=O) groups excluding carboxylic acids is 1. The van der Waals surface area contributed by atoms with Crippen LogP contribution in [0.1, 0.15) is 121 Å². The molecule has 0 aromatic carbocycles. The van der Waals surface area contributed by atoms with Crippen LogP contribution in [0.3, 0.4) is 0 Å². The second kappa shape index (κ2) is 19.0. The summed E-state index contributed by atoms with van der Waals surface area (Å²) in [5.41, 5.74) is -1.01. The first-order valence-corrected chi connectivity index (χ1v) is 15.0. The first-order chi connectivity index (χ1) is 18.9. The van der Waals surface area contributed by atoms with Crippen LogP contribution in [0.15, 0.2) is 27.9 Å². The molecule has 0 unspecified atom stereocenters. The van der Waals surface area contributed by atoms with E-state index in [1.165, 1.54) is 77.3 Å². The molecule has 0 radical (unpaired) electrons. The van der Waals surface area contributed by atoms with Crippen LogP contribution >= 0.6 is 0 Å². The third kappa shape index (κ3) is 11.8. The minimum absolute atomic E-state index is 0.197. The number of H-pyrrole nitrogens is 1. The van der Waals surface area contributed by atoms with Gasteiger partial charge in [0.15, 0.2) is 12.3 Å². The quantitative estimate of drug-likeness (QED) is 0.120. The number of aryl methyl sites for hydroxylation is 1. The van der Waals surface area contributed by atoms with Crippen molar-refractivity contribution in [3.8, 4) is 0 Å². The number of ether oxygens (including phenoxy) is 2. The number of aliphatic hydroxyl groups excluding tert-OH is 2. The summed E-state index contributed by atoms with van der Waals surface area (Å²) in [4.78, 5) is 38.7. The van der Waals surface area contributed by atoms with E-state index in [0.29, 0.717) is 6.42 Å². The molecule has 4 atom stereocenters. The Labute approximate surface area is 232 Å². The fraction of sp³-hybridized carbons (Fsp3) is 0.767. The Hall–Kier alpha value is -2.23. The number of rotatable bonds is 20. The molecule has 0 amide bonds. The molecule has 39 heavy (non-hydrogen) atoms. The van der Waals surface area contributed by atoms with Crippen molar-refractivity contribution in [3.63, 3.8) is 0 Å². The van der Waals surface area contributed by atoms with E-state index in [9.17, 15) is 24.6 Å². The number of aromatic amines is 1. The van der Waals surface area contributed by atoms with E-state index < -0.39 is 48.4 Å². The second-order valence-electron chi connectivity index (χ2n) is 10.7. The van der Waals surface area contributed by atoms with Gasteiger partial charge in [-0.15, -0.1) is 0 Å². The number of nitrogens with one attached hydrogen (secondary N) is 1. The highest BCUT2D eigenvalue weighted by Crippen LogP contribution is 2.31. The molecule has 2 heterocycles. The second-order valence-corrected chi connectivity index (χ2v) is 10.7. The summed E-state index contributed by atoms with van der Waals surface area (Å²) >= 11 is 0. The van der Waals surface area contributed by atoms with Gasteiger partial charge in [0.05, 0.1) is 6.61 Å². The van der Waals surface area contributed by atoms with Crippen molar-refractivity contribution in [1.82, 2.24) is 9.55 Å². The van der Waals surface area contributed by atoms with Gasteiger partial charge in [0.1, 0.15) is 12.2 Å². The minimum Gasteiger partial charge on any atom is -0.455 e. The number of aliphatic hydroxyl groups is 2. The maximum Gasteiger partial charge on any atom is 0.330 e. The Morgan fingerprint density at radius 2 is 1.54 bits per heavy atom. The van der Waals surface area contributed by atoms with Crippen molar-refractivity contribution in [2.75, 3.05) is 6.61 Å². The van der Waals surface area contributed by atoms with Gasteiger partial charge in [0.2, 0.25) is 0 Å². The van der Waals surface area contributed by atoms with E-state index in [0.717, 1.165) is 30.3 Å². The molecule has 222 valence electrons.